The summed E-state index contributed by atoms with van der Waals surface area (Å²) in [4.78, 5) is 14.1. The van der Waals surface area contributed by atoms with E-state index in [0.717, 1.165) is 24.9 Å². The molecule has 1 saturated carbocycles. The average Bonchev–Trinajstić information content (AvgIpc) is 2.31. The Hall–Kier alpha value is -2.02. The fourth-order valence-electron chi connectivity index (χ4n) is 2.15. The highest BCUT2D eigenvalue weighted by Gasteiger charge is 2.33. The molecule has 1 aliphatic carbocycles. The zero-order valence-electron chi connectivity index (χ0n) is 12.2. The quantitative estimate of drug-likeness (QED) is 0.821. The highest BCUT2D eigenvalue weighted by molar-refractivity contribution is 5.89. The predicted octanol–water partition coefficient (Wildman–Crippen LogP) is 3.85. The summed E-state index contributed by atoms with van der Waals surface area (Å²) >= 11 is 0. The molecule has 0 spiro atoms. The van der Waals surface area contributed by atoms with Crippen molar-refractivity contribution in [3.63, 3.8) is 0 Å². The fourth-order valence-corrected chi connectivity index (χ4v) is 2.15. The van der Waals surface area contributed by atoms with Crippen molar-refractivity contribution >= 4 is 11.8 Å². The van der Waals surface area contributed by atoms with Gasteiger partial charge >= 0.3 is 6.09 Å². The van der Waals surface area contributed by atoms with Gasteiger partial charge in [0.1, 0.15) is 5.60 Å². The molecule has 0 bridgehead atoms. The molecule has 1 aromatic carbocycles. The molecule has 106 valence electrons. The summed E-state index contributed by atoms with van der Waals surface area (Å²) in [5, 5.41) is 8.99. The van der Waals surface area contributed by atoms with Gasteiger partial charge in [0, 0.05) is 11.7 Å². The minimum Gasteiger partial charge on any atom is -0.443 e. The van der Waals surface area contributed by atoms with Crippen LogP contribution in [0, 0.1) is 11.3 Å². The standard InChI is InChI=1S/C16H20N2O2/c1-16(2,3)20-15(19)18(13-7-5-8-13)14-9-4-6-12(10-14)11-17/h4,6,9-10,13H,5,7-8H2,1-3H3. The molecule has 1 fully saturated rings. The van der Waals surface area contributed by atoms with E-state index < -0.39 is 5.60 Å². The molecular weight excluding hydrogens is 252 g/mol. The Labute approximate surface area is 120 Å². The zero-order valence-corrected chi connectivity index (χ0v) is 12.2. The Morgan fingerprint density at radius 3 is 2.60 bits per heavy atom. The van der Waals surface area contributed by atoms with Gasteiger partial charge in [0.05, 0.1) is 11.6 Å². The number of hydrogen-bond donors (Lipinski definition) is 0. The minimum atomic E-state index is -0.522. The monoisotopic (exact) mass is 272 g/mol. The maximum absolute atomic E-state index is 12.4. The molecule has 0 aliphatic heterocycles. The molecule has 0 unspecified atom stereocenters. The first kappa shape index (κ1) is 14.4. The van der Waals surface area contributed by atoms with E-state index in [1.807, 2.05) is 26.8 Å². The molecule has 0 N–H and O–H groups in total. The van der Waals surface area contributed by atoms with Gasteiger partial charge in [-0.3, -0.25) is 4.90 Å². The van der Waals surface area contributed by atoms with E-state index >= 15 is 0 Å². The predicted molar refractivity (Wildman–Crippen MR) is 77.5 cm³/mol. The number of carbonyl (C=O) groups is 1. The molecular formula is C16H20N2O2. The Balaban J connectivity index is 2.27. The summed E-state index contributed by atoms with van der Waals surface area (Å²) in [7, 11) is 0. The van der Waals surface area contributed by atoms with Crippen molar-refractivity contribution in [2.45, 2.75) is 51.7 Å². The van der Waals surface area contributed by atoms with Crippen molar-refractivity contribution in [2.24, 2.45) is 0 Å². The van der Waals surface area contributed by atoms with Crippen molar-refractivity contribution < 1.29 is 9.53 Å². The van der Waals surface area contributed by atoms with Crippen LogP contribution in [0.3, 0.4) is 0 Å². The Morgan fingerprint density at radius 1 is 1.40 bits per heavy atom. The second-order valence-corrected chi connectivity index (χ2v) is 6.10. The number of amides is 1. The summed E-state index contributed by atoms with van der Waals surface area (Å²) < 4.78 is 5.49. The minimum absolute atomic E-state index is 0.179. The summed E-state index contributed by atoms with van der Waals surface area (Å²) in [6, 6.07) is 9.40. The van der Waals surface area contributed by atoms with E-state index in [1.54, 1.807) is 23.1 Å². The normalized spacial score (nSPS) is 15.1. The topological polar surface area (TPSA) is 53.3 Å². The van der Waals surface area contributed by atoms with Crippen molar-refractivity contribution in [2.75, 3.05) is 4.90 Å². The van der Waals surface area contributed by atoms with Crippen molar-refractivity contribution in [1.82, 2.24) is 0 Å². The van der Waals surface area contributed by atoms with Gasteiger partial charge in [0.25, 0.3) is 0 Å². The number of hydrogen-bond acceptors (Lipinski definition) is 3. The summed E-state index contributed by atoms with van der Waals surface area (Å²) in [5.41, 5.74) is 0.768. The lowest BCUT2D eigenvalue weighted by molar-refractivity contribution is 0.0549. The van der Waals surface area contributed by atoms with Crippen molar-refractivity contribution in [3.05, 3.63) is 29.8 Å². The van der Waals surface area contributed by atoms with Crippen molar-refractivity contribution in [3.8, 4) is 6.07 Å². The molecule has 1 aliphatic rings. The second kappa shape index (κ2) is 5.54. The number of ether oxygens (including phenoxy) is 1. The first-order chi connectivity index (χ1) is 9.40. The van der Waals surface area contributed by atoms with Crippen LogP contribution in [-0.4, -0.2) is 17.7 Å². The highest BCUT2D eigenvalue weighted by Crippen LogP contribution is 2.31. The third-order valence-corrected chi connectivity index (χ3v) is 3.28. The first-order valence-electron chi connectivity index (χ1n) is 6.93. The van der Waals surface area contributed by atoms with Crippen LogP contribution in [0.1, 0.15) is 45.6 Å². The van der Waals surface area contributed by atoms with E-state index in [9.17, 15) is 4.79 Å². The van der Waals surface area contributed by atoms with E-state index in [-0.39, 0.29) is 12.1 Å². The molecule has 0 radical (unpaired) electrons. The van der Waals surface area contributed by atoms with E-state index in [0.29, 0.717) is 5.56 Å². The van der Waals surface area contributed by atoms with Crippen LogP contribution in [-0.2, 0) is 4.74 Å². The average molecular weight is 272 g/mol. The van der Waals surface area contributed by atoms with Crippen LogP contribution in [0.5, 0.6) is 0 Å². The van der Waals surface area contributed by atoms with Gasteiger partial charge in [-0.15, -0.1) is 0 Å². The second-order valence-electron chi connectivity index (χ2n) is 6.10. The van der Waals surface area contributed by atoms with Gasteiger partial charge in [0.2, 0.25) is 0 Å². The van der Waals surface area contributed by atoms with Crippen LogP contribution in [0.2, 0.25) is 0 Å². The van der Waals surface area contributed by atoms with Gasteiger partial charge in [-0.25, -0.2) is 4.79 Å². The molecule has 2 rings (SSSR count). The zero-order chi connectivity index (χ0) is 14.8. The molecule has 0 aromatic heterocycles. The van der Waals surface area contributed by atoms with Gasteiger partial charge in [0.15, 0.2) is 0 Å². The Morgan fingerprint density at radius 2 is 2.10 bits per heavy atom. The third-order valence-electron chi connectivity index (χ3n) is 3.28. The lowest BCUT2D eigenvalue weighted by Crippen LogP contribution is -2.46. The van der Waals surface area contributed by atoms with Crippen LogP contribution >= 0.6 is 0 Å². The van der Waals surface area contributed by atoms with E-state index in [2.05, 4.69) is 6.07 Å². The Kier molecular flexibility index (Phi) is 3.99. The third kappa shape index (κ3) is 3.30. The molecule has 4 heteroatoms. The summed E-state index contributed by atoms with van der Waals surface area (Å²) in [6.07, 6.45) is 2.76. The summed E-state index contributed by atoms with van der Waals surface area (Å²) in [6.45, 7) is 5.57. The maximum atomic E-state index is 12.4. The highest BCUT2D eigenvalue weighted by atomic mass is 16.6. The molecule has 4 nitrogen and oxygen atoms in total. The van der Waals surface area contributed by atoms with Crippen LogP contribution in [0.4, 0.5) is 10.5 Å². The SMILES string of the molecule is CC(C)(C)OC(=O)N(c1cccc(C#N)c1)C1CCC1. The largest absolute Gasteiger partial charge is 0.443 e. The molecule has 1 amide bonds. The molecule has 20 heavy (non-hydrogen) atoms. The van der Waals surface area contributed by atoms with Crippen molar-refractivity contribution in [1.29, 1.82) is 5.26 Å². The lowest BCUT2D eigenvalue weighted by Gasteiger charge is -2.38. The van der Waals surface area contributed by atoms with Gasteiger partial charge in [-0.2, -0.15) is 5.26 Å². The van der Waals surface area contributed by atoms with Crippen LogP contribution < -0.4 is 4.90 Å². The van der Waals surface area contributed by atoms with Gasteiger partial charge in [-0.1, -0.05) is 6.07 Å². The number of anilines is 1. The lowest BCUT2D eigenvalue weighted by atomic mass is 9.91. The van der Waals surface area contributed by atoms with E-state index in [4.69, 9.17) is 10.00 Å². The number of carbonyl (C=O) groups excluding carboxylic acids is 1. The van der Waals surface area contributed by atoms with Crippen LogP contribution in [0.25, 0.3) is 0 Å². The first-order valence-corrected chi connectivity index (χ1v) is 6.93. The number of nitriles is 1. The fraction of sp³-hybridized carbons (Fsp3) is 0.500. The molecule has 0 saturated heterocycles. The maximum Gasteiger partial charge on any atom is 0.415 e. The number of rotatable bonds is 2. The van der Waals surface area contributed by atoms with E-state index in [1.165, 1.54) is 0 Å². The molecule has 0 heterocycles. The smallest absolute Gasteiger partial charge is 0.415 e. The Bertz CT molecular complexity index is 536. The van der Waals surface area contributed by atoms with Gasteiger partial charge < -0.3 is 4.74 Å². The molecule has 0 atom stereocenters. The number of benzene rings is 1. The number of nitrogens with zero attached hydrogens (tertiary/aromatic N) is 2. The van der Waals surface area contributed by atoms with Gasteiger partial charge in [-0.05, 0) is 58.2 Å². The summed E-state index contributed by atoms with van der Waals surface area (Å²) in [5.74, 6) is 0. The van der Waals surface area contributed by atoms with Crippen LogP contribution in [0.15, 0.2) is 24.3 Å². The molecule has 1 aromatic rings.